The van der Waals surface area contributed by atoms with Gasteiger partial charge in [-0.2, -0.15) is 0 Å². The Kier molecular flexibility index (Phi) is 7.28. The van der Waals surface area contributed by atoms with Gasteiger partial charge in [-0.15, -0.1) is 6.58 Å². The highest BCUT2D eigenvalue weighted by Gasteiger charge is 2.23. The van der Waals surface area contributed by atoms with Crippen molar-refractivity contribution in [3.05, 3.63) is 41.9 Å². The van der Waals surface area contributed by atoms with Crippen LogP contribution < -0.4 is 4.90 Å². The lowest BCUT2D eigenvalue weighted by molar-refractivity contribution is -0.160. The fraction of sp³-hybridized carbons (Fsp3) is 0.444. The van der Waals surface area contributed by atoms with Gasteiger partial charge in [0.2, 0.25) is 0 Å². The molecule has 0 aromatic heterocycles. The van der Waals surface area contributed by atoms with Gasteiger partial charge in [0.15, 0.2) is 12.7 Å². The van der Waals surface area contributed by atoms with Crippen molar-refractivity contribution >= 4 is 29.2 Å². The minimum atomic E-state index is -0.717. The standard InChI is InChI=1S/C18H23ClN2O4/c1-3-11-24-14(2)18(23)25-13-17(22)21-9-7-20(8-10-21)16-6-4-5-15(19)12-16/h3-6,12,14H,1,7-11,13H2,2H3. The van der Waals surface area contributed by atoms with Crippen LogP contribution in [0.25, 0.3) is 0 Å². The number of amides is 1. The van der Waals surface area contributed by atoms with E-state index in [1.165, 1.54) is 0 Å². The van der Waals surface area contributed by atoms with Crippen LogP contribution in [0.4, 0.5) is 5.69 Å². The van der Waals surface area contributed by atoms with Crippen LogP contribution >= 0.6 is 11.6 Å². The lowest BCUT2D eigenvalue weighted by Gasteiger charge is -2.36. The molecule has 1 aliphatic rings. The topological polar surface area (TPSA) is 59.1 Å². The van der Waals surface area contributed by atoms with Crippen LogP contribution in [0.2, 0.25) is 5.02 Å². The maximum absolute atomic E-state index is 12.2. The van der Waals surface area contributed by atoms with Crippen LogP contribution in [0.3, 0.4) is 0 Å². The van der Waals surface area contributed by atoms with Crippen LogP contribution in [-0.4, -0.2) is 62.3 Å². The monoisotopic (exact) mass is 366 g/mol. The Labute approximate surface area is 152 Å². The van der Waals surface area contributed by atoms with Crippen molar-refractivity contribution in [1.29, 1.82) is 0 Å². The molecule has 0 aliphatic carbocycles. The molecule has 7 heteroatoms. The zero-order valence-corrected chi connectivity index (χ0v) is 15.1. The SMILES string of the molecule is C=CCOC(C)C(=O)OCC(=O)N1CCN(c2cccc(Cl)c2)CC1. The van der Waals surface area contributed by atoms with E-state index in [1.807, 2.05) is 24.3 Å². The summed E-state index contributed by atoms with van der Waals surface area (Å²) in [5.74, 6) is -0.747. The molecule has 0 saturated carbocycles. The van der Waals surface area contributed by atoms with Crippen LogP contribution in [0.1, 0.15) is 6.92 Å². The maximum atomic E-state index is 12.2. The Morgan fingerprint density at radius 3 is 2.68 bits per heavy atom. The van der Waals surface area contributed by atoms with E-state index in [2.05, 4.69) is 11.5 Å². The molecule has 1 atom stereocenters. The average Bonchev–Trinajstić information content (AvgIpc) is 2.64. The minimum Gasteiger partial charge on any atom is -0.454 e. The third-order valence-electron chi connectivity index (χ3n) is 3.94. The number of anilines is 1. The number of nitrogens with zero attached hydrogens (tertiary/aromatic N) is 2. The average molecular weight is 367 g/mol. The van der Waals surface area contributed by atoms with Gasteiger partial charge >= 0.3 is 5.97 Å². The van der Waals surface area contributed by atoms with E-state index in [1.54, 1.807) is 17.9 Å². The van der Waals surface area contributed by atoms with Crippen LogP contribution in [-0.2, 0) is 19.1 Å². The van der Waals surface area contributed by atoms with Crippen LogP contribution in [0.15, 0.2) is 36.9 Å². The summed E-state index contributed by atoms with van der Waals surface area (Å²) in [5.41, 5.74) is 1.04. The molecular formula is C18H23ClN2O4. The lowest BCUT2D eigenvalue weighted by atomic mass is 10.2. The molecule has 1 aromatic carbocycles. The van der Waals surface area contributed by atoms with Gasteiger partial charge < -0.3 is 19.3 Å². The maximum Gasteiger partial charge on any atom is 0.335 e. The largest absolute Gasteiger partial charge is 0.454 e. The number of hydrogen-bond donors (Lipinski definition) is 0. The number of benzene rings is 1. The molecule has 0 radical (unpaired) electrons. The molecule has 1 heterocycles. The second-order valence-electron chi connectivity index (χ2n) is 5.72. The second-order valence-corrected chi connectivity index (χ2v) is 6.16. The van der Waals surface area contributed by atoms with Crippen molar-refractivity contribution in [1.82, 2.24) is 4.90 Å². The predicted octanol–water partition coefficient (Wildman–Crippen LogP) is 2.12. The Bertz CT molecular complexity index is 615. The summed E-state index contributed by atoms with van der Waals surface area (Å²) >= 11 is 6.02. The molecule has 0 spiro atoms. The van der Waals surface area contributed by atoms with E-state index in [4.69, 9.17) is 21.1 Å². The summed E-state index contributed by atoms with van der Waals surface area (Å²) in [4.78, 5) is 27.8. The van der Waals surface area contributed by atoms with Crippen molar-refractivity contribution in [2.75, 3.05) is 44.3 Å². The molecule has 1 saturated heterocycles. The molecular weight excluding hydrogens is 344 g/mol. The summed E-state index contributed by atoms with van der Waals surface area (Å²) in [6.07, 6.45) is 0.833. The molecule has 0 N–H and O–H groups in total. The smallest absolute Gasteiger partial charge is 0.335 e. The highest BCUT2D eigenvalue weighted by Crippen LogP contribution is 2.20. The van der Waals surface area contributed by atoms with Gasteiger partial charge in [0.05, 0.1) is 6.61 Å². The Morgan fingerprint density at radius 1 is 1.32 bits per heavy atom. The van der Waals surface area contributed by atoms with E-state index in [0.717, 1.165) is 5.69 Å². The number of halogens is 1. The van der Waals surface area contributed by atoms with Crippen molar-refractivity contribution in [2.24, 2.45) is 0 Å². The fourth-order valence-corrected chi connectivity index (χ4v) is 2.69. The first-order chi connectivity index (χ1) is 12.0. The third kappa shape index (κ3) is 5.76. The first kappa shape index (κ1) is 19.3. The Balaban J connectivity index is 1.75. The molecule has 136 valence electrons. The van der Waals surface area contributed by atoms with Crippen molar-refractivity contribution in [3.63, 3.8) is 0 Å². The quantitative estimate of drug-likeness (QED) is 0.546. The van der Waals surface area contributed by atoms with Gasteiger partial charge in [0.1, 0.15) is 0 Å². The molecule has 6 nitrogen and oxygen atoms in total. The number of piperazine rings is 1. The molecule has 1 aliphatic heterocycles. The van der Waals surface area contributed by atoms with E-state index in [-0.39, 0.29) is 19.1 Å². The van der Waals surface area contributed by atoms with E-state index >= 15 is 0 Å². The molecule has 1 unspecified atom stereocenters. The van der Waals surface area contributed by atoms with Crippen molar-refractivity contribution < 1.29 is 19.1 Å². The molecule has 2 rings (SSSR count). The summed E-state index contributed by atoms with van der Waals surface area (Å²) in [6, 6.07) is 7.64. The normalized spacial score (nSPS) is 15.6. The van der Waals surface area contributed by atoms with Gasteiger partial charge in [0.25, 0.3) is 5.91 Å². The van der Waals surface area contributed by atoms with Crippen molar-refractivity contribution in [3.8, 4) is 0 Å². The highest BCUT2D eigenvalue weighted by atomic mass is 35.5. The van der Waals surface area contributed by atoms with Gasteiger partial charge in [-0.1, -0.05) is 23.7 Å². The number of esters is 1. The zero-order chi connectivity index (χ0) is 18.2. The second kappa shape index (κ2) is 9.44. The third-order valence-corrected chi connectivity index (χ3v) is 4.17. The summed E-state index contributed by atoms with van der Waals surface area (Å²) in [7, 11) is 0. The number of ether oxygens (including phenoxy) is 2. The molecule has 0 bridgehead atoms. The van der Waals surface area contributed by atoms with Crippen molar-refractivity contribution in [2.45, 2.75) is 13.0 Å². The van der Waals surface area contributed by atoms with Gasteiger partial charge in [-0.25, -0.2) is 4.79 Å². The molecule has 1 aromatic rings. The first-order valence-electron chi connectivity index (χ1n) is 8.18. The Hall–Kier alpha value is -2.05. The number of rotatable bonds is 7. The van der Waals surface area contributed by atoms with E-state index in [0.29, 0.717) is 31.2 Å². The number of carbonyl (C=O) groups excluding carboxylic acids is 2. The summed E-state index contributed by atoms with van der Waals surface area (Å²) < 4.78 is 10.2. The zero-order valence-electron chi connectivity index (χ0n) is 14.3. The van der Waals surface area contributed by atoms with Gasteiger partial charge in [-0.05, 0) is 25.1 Å². The molecule has 1 fully saturated rings. The molecule has 25 heavy (non-hydrogen) atoms. The molecule has 1 amide bonds. The van der Waals surface area contributed by atoms with E-state index < -0.39 is 12.1 Å². The van der Waals surface area contributed by atoms with Gasteiger partial charge in [0, 0.05) is 36.9 Å². The van der Waals surface area contributed by atoms with Gasteiger partial charge in [-0.3, -0.25) is 4.79 Å². The summed E-state index contributed by atoms with van der Waals surface area (Å²) in [5, 5.41) is 0.690. The number of carbonyl (C=O) groups is 2. The lowest BCUT2D eigenvalue weighted by Crippen LogP contribution is -2.50. The fourth-order valence-electron chi connectivity index (χ4n) is 2.51. The first-order valence-corrected chi connectivity index (χ1v) is 8.56. The van der Waals surface area contributed by atoms with E-state index in [9.17, 15) is 9.59 Å². The number of hydrogen-bond acceptors (Lipinski definition) is 5. The van der Waals surface area contributed by atoms with Crippen LogP contribution in [0, 0.1) is 0 Å². The summed E-state index contributed by atoms with van der Waals surface area (Å²) in [6.45, 7) is 7.65. The minimum absolute atomic E-state index is 0.199. The predicted molar refractivity (Wildman–Crippen MR) is 96.8 cm³/mol. The highest BCUT2D eigenvalue weighted by molar-refractivity contribution is 6.30. The Morgan fingerprint density at radius 2 is 2.04 bits per heavy atom. The van der Waals surface area contributed by atoms with Crippen LogP contribution in [0.5, 0.6) is 0 Å².